The third-order valence-corrected chi connectivity index (χ3v) is 6.63. The van der Waals surface area contributed by atoms with E-state index in [1.165, 1.54) is 10.8 Å². The van der Waals surface area contributed by atoms with Gasteiger partial charge in [-0.1, -0.05) is 24.3 Å². The molecule has 0 radical (unpaired) electrons. The number of carbonyl (C=O) groups is 1. The minimum absolute atomic E-state index is 0.0339. The summed E-state index contributed by atoms with van der Waals surface area (Å²) < 4.78 is 0. The van der Waals surface area contributed by atoms with Gasteiger partial charge in [0.05, 0.1) is 0 Å². The Labute approximate surface area is 195 Å². The van der Waals surface area contributed by atoms with E-state index in [-0.39, 0.29) is 6.04 Å². The first kappa shape index (κ1) is 24.0. The SMILES string of the molecule is CCCCc1nc(NC(C)c2cccc3ccccc23)nc(N[C@@H](CC[Se]C)C(=O)O)n1. The number of benzene rings is 2. The predicted octanol–water partition coefficient (Wildman–Crippen LogP) is 4.97. The second-order valence-corrected chi connectivity index (χ2v) is 9.82. The summed E-state index contributed by atoms with van der Waals surface area (Å²) in [4.78, 5) is 25.3. The summed E-state index contributed by atoms with van der Waals surface area (Å²) in [5, 5.41) is 19.3. The second-order valence-electron chi connectivity index (χ2n) is 7.75. The Balaban J connectivity index is 1.87. The molecule has 1 heterocycles. The molecule has 0 saturated carbocycles. The van der Waals surface area contributed by atoms with Crippen LogP contribution in [-0.4, -0.2) is 47.0 Å². The van der Waals surface area contributed by atoms with Gasteiger partial charge in [-0.05, 0) is 0 Å². The zero-order valence-electron chi connectivity index (χ0n) is 18.8. The molecule has 2 atom stereocenters. The maximum absolute atomic E-state index is 11.7. The number of carboxylic acid groups (broad SMARTS) is 1. The molecular weight excluding hydrogens is 469 g/mol. The molecule has 3 aromatic rings. The first-order chi connectivity index (χ1) is 15.5. The van der Waals surface area contributed by atoms with Gasteiger partial charge < -0.3 is 0 Å². The summed E-state index contributed by atoms with van der Waals surface area (Å²) in [5.41, 5.74) is 1.15. The number of fused-ring (bicyclic) bond motifs is 1. The first-order valence-electron chi connectivity index (χ1n) is 11.0. The Morgan fingerprint density at radius 3 is 2.50 bits per heavy atom. The minimum atomic E-state index is -0.886. The first-order valence-corrected chi connectivity index (χ1v) is 13.9. The molecule has 3 rings (SSSR count). The molecule has 7 nitrogen and oxygen atoms in total. The number of nitrogens with zero attached hydrogens (tertiary/aromatic N) is 3. The standard InChI is InChI=1S/C24H31N5O2Se/c1-4-5-13-21-27-23(29-24(28-21)26-20(22(30)31)14-15-32-3)25-16(2)18-12-8-10-17-9-6-7-11-19(17)18/h6-12,16,20H,4-5,13-15H2,1-3H3,(H,30,31)(H2,25,26,27,28,29)/t16?,20-/m0/s1. The third-order valence-electron chi connectivity index (χ3n) is 5.28. The number of rotatable bonds is 12. The summed E-state index contributed by atoms with van der Waals surface area (Å²) in [7, 11) is 0. The predicted molar refractivity (Wildman–Crippen MR) is 131 cm³/mol. The van der Waals surface area contributed by atoms with E-state index in [0.29, 0.717) is 39.1 Å². The van der Waals surface area contributed by atoms with Gasteiger partial charge in [0.1, 0.15) is 0 Å². The zero-order chi connectivity index (χ0) is 22.9. The van der Waals surface area contributed by atoms with Crippen LogP contribution in [0.25, 0.3) is 10.8 Å². The Kier molecular flexibility index (Phi) is 8.82. The molecule has 8 heteroatoms. The molecular formula is C24H31N5O2Se. The van der Waals surface area contributed by atoms with Crippen molar-refractivity contribution in [3.63, 3.8) is 0 Å². The van der Waals surface area contributed by atoms with Crippen LogP contribution in [0.2, 0.25) is 11.1 Å². The molecule has 1 unspecified atom stereocenters. The van der Waals surface area contributed by atoms with E-state index in [9.17, 15) is 9.90 Å². The molecule has 2 aromatic carbocycles. The fourth-order valence-electron chi connectivity index (χ4n) is 3.54. The number of aryl methyl sites for hydroxylation is 1. The molecule has 0 aliphatic heterocycles. The maximum atomic E-state index is 11.7. The van der Waals surface area contributed by atoms with Crippen LogP contribution >= 0.6 is 0 Å². The number of carboxylic acids is 1. The number of unbranched alkanes of at least 4 members (excludes halogenated alkanes) is 1. The van der Waals surface area contributed by atoms with Gasteiger partial charge in [0.2, 0.25) is 0 Å². The fourth-order valence-corrected chi connectivity index (χ4v) is 4.53. The molecule has 170 valence electrons. The molecule has 3 N–H and O–H groups in total. The van der Waals surface area contributed by atoms with Crippen molar-refractivity contribution in [2.75, 3.05) is 10.6 Å². The van der Waals surface area contributed by atoms with Gasteiger partial charge in [-0.25, -0.2) is 0 Å². The van der Waals surface area contributed by atoms with E-state index in [4.69, 9.17) is 0 Å². The van der Waals surface area contributed by atoms with E-state index in [2.05, 4.69) is 75.6 Å². The third kappa shape index (κ3) is 6.40. The number of hydrogen-bond donors (Lipinski definition) is 3. The number of anilines is 2. The van der Waals surface area contributed by atoms with Crippen LogP contribution in [0.5, 0.6) is 0 Å². The molecule has 1 aromatic heterocycles. The van der Waals surface area contributed by atoms with Crippen molar-refractivity contribution in [3.8, 4) is 0 Å². The van der Waals surface area contributed by atoms with Gasteiger partial charge in [0.25, 0.3) is 0 Å². The van der Waals surface area contributed by atoms with Gasteiger partial charge in [-0.2, -0.15) is 0 Å². The van der Waals surface area contributed by atoms with Crippen molar-refractivity contribution < 1.29 is 9.90 Å². The average Bonchev–Trinajstić information content (AvgIpc) is 2.79. The van der Waals surface area contributed by atoms with Gasteiger partial charge in [0, 0.05) is 0 Å². The quantitative estimate of drug-likeness (QED) is 0.302. The monoisotopic (exact) mass is 501 g/mol. The topological polar surface area (TPSA) is 100 Å². The average molecular weight is 501 g/mol. The Morgan fingerprint density at radius 2 is 1.78 bits per heavy atom. The van der Waals surface area contributed by atoms with E-state index in [1.807, 2.05) is 12.1 Å². The second kappa shape index (κ2) is 11.8. The molecule has 0 aliphatic carbocycles. The van der Waals surface area contributed by atoms with E-state index in [1.54, 1.807) is 0 Å². The van der Waals surface area contributed by atoms with Gasteiger partial charge in [-0.3, -0.25) is 0 Å². The van der Waals surface area contributed by atoms with Crippen LogP contribution in [0.15, 0.2) is 42.5 Å². The Bertz CT molecular complexity index is 1040. The Morgan fingerprint density at radius 1 is 1.06 bits per heavy atom. The van der Waals surface area contributed by atoms with Gasteiger partial charge >= 0.3 is 171 Å². The zero-order valence-corrected chi connectivity index (χ0v) is 20.6. The van der Waals surface area contributed by atoms with Crippen molar-refractivity contribution in [1.29, 1.82) is 0 Å². The van der Waals surface area contributed by atoms with Crippen molar-refractivity contribution in [2.45, 2.75) is 62.8 Å². The molecule has 0 bridgehead atoms. The molecule has 0 amide bonds. The van der Waals surface area contributed by atoms with E-state index < -0.39 is 12.0 Å². The summed E-state index contributed by atoms with van der Waals surface area (Å²) in [6.45, 7) is 4.20. The molecule has 0 aliphatic rings. The number of aromatic nitrogens is 3. The Hall–Kier alpha value is -2.70. The van der Waals surface area contributed by atoms with Crippen molar-refractivity contribution in [3.05, 3.63) is 53.9 Å². The van der Waals surface area contributed by atoms with Crippen LogP contribution in [0, 0.1) is 0 Å². The van der Waals surface area contributed by atoms with Crippen LogP contribution in [0.3, 0.4) is 0 Å². The number of nitrogens with one attached hydrogen (secondary N) is 2. The van der Waals surface area contributed by atoms with E-state index >= 15 is 0 Å². The number of aliphatic carboxylic acids is 1. The van der Waals surface area contributed by atoms with Gasteiger partial charge in [0.15, 0.2) is 0 Å². The van der Waals surface area contributed by atoms with E-state index in [0.717, 1.165) is 30.1 Å². The molecule has 32 heavy (non-hydrogen) atoms. The van der Waals surface area contributed by atoms with Crippen LogP contribution < -0.4 is 10.6 Å². The fraction of sp³-hybridized carbons (Fsp3) is 0.417. The summed E-state index contributed by atoms with van der Waals surface area (Å²) in [5.74, 6) is 2.66. The van der Waals surface area contributed by atoms with Crippen LogP contribution in [-0.2, 0) is 11.2 Å². The van der Waals surface area contributed by atoms with Crippen molar-refractivity contribution >= 4 is 43.6 Å². The van der Waals surface area contributed by atoms with Crippen molar-refractivity contribution in [1.82, 2.24) is 15.0 Å². The van der Waals surface area contributed by atoms with Crippen LogP contribution in [0.4, 0.5) is 11.9 Å². The summed E-state index contributed by atoms with van der Waals surface area (Å²) >= 11 is 0.418. The van der Waals surface area contributed by atoms with Crippen LogP contribution in [0.1, 0.15) is 50.5 Å². The number of hydrogen-bond acceptors (Lipinski definition) is 6. The summed E-state index contributed by atoms with van der Waals surface area (Å²) in [6.07, 6.45) is 3.26. The summed E-state index contributed by atoms with van der Waals surface area (Å²) in [6, 6.07) is 13.8. The molecule has 0 fully saturated rings. The molecule has 0 saturated heterocycles. The normalized spacial score (nSPS) is 13.0. The molecule has 0 spiro atoms. The van der Waals surface area contributed by atoms with Crippen molar-refractivity contribution in [2.24, 2.45) is 0 Å². The van der Waals surface area contributed by atoms with Gasteiger partial charge in [-0.15, -0.1) is 0 Å².